The highest BCUT2D eigenvalue weighted by Gasteiger charge is 2.16. The molecule has 2 rings (SSSR count). The lowest BCUT2D eigenvalue weighted by Gasteiger charge is -2.13. The Morgan fingerprint density at radius 1 is 1.46 bits per heavy atom. The predicted octanol–water partition coefficient (Wildman–Crippen LogP) is 3.79. The second kappa shape index (κ2) is 7.73. The number of halogens is 2. The molecule has 3 N–H and O–H groups in total. The van der Waals surface area contributed by atoms with Crippen molar-refractivity contribution < 1.29 is 19.4 Å². The third-order valence-corrected chi connectivity index (χ3v) is 4.32. The van der Waals surface area contributed by atoms with Crippen LogP contribution in [0.2, 0.25) is 5.02 Å². The molecule has 126 valence electrons. The molecule has 24 heavy (non-hydrogen) atoms. The number of carbonyl (C=O) groups is 2. The van der Waals surface area contributed by atoms with Gasteiger partial charge in [0, 0.05) is 9.86 Å². The van der Waals surface area contributed by atoms with Gasteiger partial charge in [0.1, 0.15) is 5.82 Å². The average Bonchev–Trinajstić information content (AvgIpc) is 2.50. The number of anilines is 1. The number of hydrogen-bond acceptors (Lipinski definition) is 5. The number of rotatable bonds is 3. The summed E-state index contributed by atoms with van der Waals surface area (Å²) in [4.78, 5) is 26.6. The van der Waals surface area contributed by atoms with Crippen molar-refractivity contribution in [2.45, 2.75) is 6.92 Å². The van der Waals surface area contributed by atoms with E-state index in [-0.39, 0.29) is 23.2 Å². The van der Waals surface area contributed by atoms with Crippen molar-refractivity contribution in [2.24, 2.45) is 0 Å². The summed E-state index contributed by atoms with van der Waals surface area (Å²) in [5, 5.41) is 15.4. The molecule has 0 unspecified atom stereocenters. The van der Waals surface area contributed by atoms with Gasteiger partial charge in [-0.2, -0.15) is 0 Å². The van der Waals surface area contributed by atoms with Crippen LogP contribution in [-0.4, -0.2) is 33.9 Å². The first-order valence-corrected chi connectivity index (χ1v) is 8.18. The molecule has 0 radical (unpaired) electrons. The van der Waals surface area contributed by atoms with E-state index in [2.05, 4.69) is 31.5 Å². The van der Waals surface area contributed by atoms with Crippen LogP contribution < -0.4 is 10.6 Å². The van der Waals surface area contributed by atoms with Crippen LogP contribution in [0.15, 0.2) is 22.7 Å². The van der Waals surface area contributed by atoms with Gasteiger partial charge < -0.3 is 15.2 Å². The van der Waals surface area contributed by atoms with Crippen LogP contribution in [0, 0.1) is 0 Å². The zero-order chi connectivity index (χ0) is 17.9. The zero-order valence-corrected chi connectivity index (χ0v) is 15.4. The lowest BCUT2D eigenvalue weighted by molar-refractivity contribution is 0.0690. The normalized spacial score (nSPS) is 10.3. The van der Waals surface area contributed by atoms with Crippen LogP contribution >= 0.6 is 39.7 Å². The number of amides is 1. The number of benzene rings is 1. The van der Waals surface area contributed by atoms with Crippen molar-refractivity contribution in [3.63, 3.8) is 0 Å². The van der Waals surface area contributed by atoms with Crippen LogP contribution in [0.3, 0.4) is 0 Å². The lowest BCUT2D eigenvalue weighted by atomic mass is 10.1. The number of pyridine rings is 1. The smallest absolute Gasteiger partial charge is 0.413 e. The number of carbonyl (C=O) groups excluding carboxylic acids is 1. The Morgan fingerprint density at radius 3 is 2.79 bits per heavy atom. The molecule has 7 nitrogen and oxygen atoms in total. The van der Waals surface area contributed by atoms with Crippen molar-refractivity contribution in [1.82, 2.24) is 10.3 Å². The molecule has 0 spiro atoms. The number of hydrogen-bond donors (Lipinski definition) is 3. The summed E-state index contributed by atoms with van der Waals surface area (Å²) in [6.45, 7) is 1.83. The molecular formula is C14H11BrClN3O4S. The van der Waals surface area contributed by atoms with Gasteiger partial charge in [-0.3, -0.25) is 5.32 Å². The minimum atomic E-state index is -1.21. The third-order valence-electron chi connectivity index (χ3n) is 2.83. The molecule has 0 aliphatic heterocycles. The number of ether oxygens (including phenoxy) is 1. The Morgan fingerprint density at radius 2 is 2.17 bits per heavy atom. The molecule has 0 bridgehead atoms. The van der Waals surface area contributed by atoms with E-state index < -0.39 is 12.1 Å². The zero-order valence-electron chi connectivity index (χ0n) is 12.2. The topological polar surface area (TPSA) is 101 Å². The van der Waals surface area contributed by atoms with Gasteiger partial charge in [-0.25, -0.2) is 14.6 Å². The van der Waals surface area contributed by atoms with Gasteiger partial charge in [-0.05, 0) is 52.6 Å². The second-order valence-corrected chi connectivity index (χ2v) is 6.06. The van der Waals surface area contributed by atoms with Crippen LogP contribution in [0.5, 0.6) is 0 Å². The fourth-order valence-corrected chi connectivity index (χ4v) is 2.65. The molecule has 0 aliphatic rings. The van der Waals surface area contributed by atoms with E-state index in [0.717, 1.165) is 0 Å². The summed E-state index contributed by atoms with van der Waals surface area (Å²) >= 11 is 14.6. The number of thiocarbonyl (C=S) groups is 1. The number of fused-ring (bicyclic) bond motifs is 1. The van der Waals surface area contributed by atoms with Crippen LogP contribution in [0.1, 0.15) is 17.4 Å². The number of carboxylic acids is 1. The van der Waals surface area contributed by atoms with Crippen molar-refractivity contribution in [3.05, 3.63) is 33.4 Å². The Kier molecular flexibility index (Phi) is 5.92. The van der Waals surface area contributed by atoms with E-state index in [1.807, 2.05) is 0 Å². The Labute approximate surface area is 155 Å². The molecule has 1 heterocycles. The van der Waals surface area contributed by atoms with E-state index in [4.69, 9.17) is 28.6 Å². The van der Waals surface area contributed by atoms with Crippen LogP contribution in [0.25, 0.3) is 10.8 Å². The number of alkyl carbamates (subject to hydrolysis) is 1. The van der Waals surface area contributed by atoms with E-state index in [1.165, 1.54) is 6.07 Å². The maximum absolute atomic E-state index is 11.4. The molecule has 10 heteroatoms. The maximum atomic E-state index is 11.4. The number of nitrogens with one attached hydrogen (secondary N) is 2. The summed E-state index contributed by atoms with van der Waals surface area (Å²) in [5.41, 5.74) is -0.192. The van der Waals surface area contributed by atoms with Crippen molar-refractivity contribution in [1.29, 1.82) is 0 Å². The van der Waals surface area contributed by atoms with Gasteiger partial charge in [0.15, 0.2) is 10.8 Å². The van der Waals surface area contributed by atoms with Gasteiger partial charge in [0.05, 0.1) is 11.6 Å². The molecule has 0 aliphatic carbocycles. The molecular weight excluding hydrogens is 422 g/mol. The standard InChI is InChI=1S/C14H11BrClN3O4S/c1-2-23-14(22)19-13(24)18-11-9-6(3-4-7(15)10(9)16)5-8(17-11)12(20)21/h3-5H,2H2,1H3,(H,20,21)(H2,17,18,19,22,24). The first-order chi connectivity index (χ1) is 11.3. The highest BCUT2D eigenvalue weighted by Crippen LogP contribution is 2.35. The van der Waals surface area contributed by atoms with Gasteiger partial charge in [-0.15, -0.1) is 0 Å². The Bertz CT molecular complexity index is 846. The molecule has 2 aromatic rings. The molecule has 1 aromatic carbocycles. The van der Waals surface area contributed by atoms with Gasteiger partial charge in [-0.1, -0.05) is 17.7 Å². The molecule has 0 saturated heterocycles. The second-order valence-electron chi connectivity index (χ2n) is 4.42. The molecule has 1 aromatic heterocycles. The van der Waals surface area contributed by atoms with E-state index in [0.29, 0.717) is 20.3 Å². The quantitative estimate of drug-likeness (QED) is 0.634. The summed E-state index contributed by atoms with van der Waals surface area (Å²) in [5.74, 6) is -1.10. The summed E-state index contributed by atoms with van der Waals surface area (Å²) < 4.78 is 5.32. The Balaban J connectivity index is 2.46. The lowest BCUT2D eigenvalue weighted by Crippen LogP contribution is -2.35. The minimum absolute atomic E-state index is 0.0965. The molecule has 0 saturated carbocycles. The SMILES string of the molecule is CCOC(=O)NC(=S)Nc1nc(C(=O)O)cc2ccc(Br)c(Cl)c12. The van der Waals surface area contributed by atoms with Gasteiger partial charge in [0.2, 0.25) is 0 Å². The first kappa shape index (κ1) is 18.4. The van der Waals surface area contributed by atoms with Crippen LogP contribution in [0.4, 0.5) is 10.6 Å². The minimum Gasteiger partial charge on any atom is -0.477 e. The van der Waals surface area contributed by atoms with Crippen molar-refractivity contribution >= 4 is 73.5 Å². The summed E-state index contributed by atoms with van der Waals surface area (Å²) in [7, 11) is 0. The van der Waals surface area contributed by atoms with Crippen molar-refractivity contribution in [3.8, 4) is 0 Å². The van der Waals surface area contributed by atoms with E-state index in [9.17, 15) is 14.7 Å². The first-order valence-electron chi connectivity index (χ1n) is 6.60. The van der Waals surface area contributed by atoms with Crippen molar-refractivity contribution in [2.75, 3.05) is 11.9 Å². The predicted molar refractivity (Wildman–Crippen MR) is 97.8 cm³/mol. The maximum Gasteiger partial charge on any atom is 0.413 e. The summed E-state index contributed by atoms with van der Waals surface area (Å²) in [6.07, 6.45) is -0.735. The Hall–Kier alpha value is -1.97. The van der Waals surface area contributed by atoms with Crippen LogP contribution in [-0.2, 0) is 4.74 Å². The number of aromatic nitrogens is 1. The number of aromatic carboxylic acids is 1. The van der Waals surface area contributed by atoms with Gasteiger partial charge >= 0.3 is 12.1 Å². The highest BCUT2D eigenvalue weighted by molar-refractivity contribution is 9.10. The van der Waals surface area contributed by atoms with Gasteiger partial charge in [0.25, 0.3) is 0 Å². The average molecular weight is 433 g/mol. The van der Waals surface area contributed by atoms with E-state index >= 15 is 0 Å². The number of carboxylic acid groups (broad SMARTS) is 1. The molecule has 0 atom stereocenters. The van der Waals surface area contributed by atoms with E-state index in [1.54, 1.807) is 19.1 Å². The fraction of sp³-hybridized carbons (Fsp3) is 0.143. The molecule has 0 fully saturated rings. The highest BCUT2D eigenvalue weighted by atomic mass is 79.9. The fourth-order valence-electron chi connectivity index (χ4n) is 1.88. The monoisotopic (exact) mass is 431 g/mol. The molecule has 1 amide bonds. The number of nitrogens with zero attached hydrogens (tertiary/aromatic N) is 1. The summed E-state index contributed by atoms with van der Waals surface area (Å²) in [6, 6.07) is 4.77. The largest absolute Gasteiger partial charge is 0.477 e. The third kappa shape index (κ3) is 4.11.